The van der Waals surface area contributed by atoms with Crippen LogP contribution in [0, 0.1) is 6.92 Å². The van der Waals surface area contributed by atoms with E-state index in [2.05, 4.69) is 20.5 Å². The summed E-state index contributed by atoms with van der Waals surface area (Å²) >= 11 is 0. The third kappa shape index (κ3) is 1.35. The lowest BCUT2D eigenvalue weighted by Crippen LogP contribution is -1.97. The second-order valence-electron chi connectivity index (χ2n) is 3.07. The molecule has 0 spiro atoms. The molecule has 2 N–H and O–H groups in total. The van der Waals surface area contributed by atoms with Gasteiger partial charge in [-0.15, -0.1) is 0 Å². The van der Waals surface area contributed by atoms with Crippen molar-refractivity contribution >= 4 is 5.69 Å². The van der Waals surface area contributed by atoms with Crippen LogP contribution in [0.4, 0.5) is 5.69 Å². The standard InChI is InChI=1S/C10H12N4/c1-7-3-5-12-10(9(7)11-2)8-4-6-13-14-8/h3-6,11H,1-2H3,(H,13,14). The van der Waals surface area contributed by atoms with E-state index in [-0.39, 0.29) is 0 Å². The minimum absolute atomic E-state index is 0.907. The van der Waals surface area contributed by atoms with Crippen molar-refractivity contribution in [3.63, 3.8) is 0 Å². The smallest absolute Gasteiger partial charge is 0.111 e. The van der Waals surface area contributed by atoms with Crippen molar-refractivity contribution in [3.05, 3.63) is 30.1 Å². The zero-order chi connectivity index (χ0) is 9.97. The quantitative estimate of drug-likeness (QED) is 0.755. The number of hydrogen-bond donors (Lipinski definition) is 2. The molecule has 4 nitrogen and oxygen atoms in total. The maximum absolute atomic E-state index is 4.32. The van der Waals surface area contributed by atoms with Gasteiger partial charge in [-0.2, -0.15) is 5.10 Å². The van der Waals surface area contributed by atoms with Crippen LogP contribution < -0.4 is 5.32 Å². The molecular weight excluding hydrogens is 176 g/mol. The second-order valence-corrected chi connectivity index (χ2v) is 3.07. The Hall–Kier alpha value is -1.84. The van der Waals surface area contributed by atoms with Crippen LogP contribution in [0.15, 0.2) is 24.5 Å². The highest BCUT2D eigenvalue weighted by Crippen LogP contribution is 2.25. The van der Waals surface area contributed by atoms with Gasteiger partial charge in [0.1, 0.15) is 5.69 Å². The number of nitrogens with one attached hydrogen (secondary N) is 2. The molecule has 2 rings (SSSR count). The Morgan fingerprint density at radius 3 is 2.79 bits per heavy atom. The molecular formula is C10H12N4. The van der Waals surface area contributed by atoms with Crippen molar-refractivity contribution in [2.24, 2.45) is 0 Å². The van der Waals surface area contributed by atoms with E-state index in [1.54, 1.807) is 12.4 Å². The zero-order valence-electron chi connectivity index (χ0n) is 8.20. The highest BCUT2D eigenvalue weighted by molar-refractivity contribution is 5.73. The molecule has 2 aromatic heterocycles. The summed E-state index contributed by atoms with van der Waals surface area (Å²) in [6.45, 7) is 2.05. The summed E-state index contributed by atoms with van der Waals surface area (Å²) in [5, 5.41) is 9.96. The maximum atomic E-state index is 4.32. The molecule has 72 valence electrons. The van der Waals surface area contributed by atoms with E-state index in [1.165, 1.54) is 5.56 Å². The molecule has 0 fully saturated rings. The van der Waals surface area contributed by atoms with E-state index in [0.717, 1.165) is 17.1 Å². The molecule has 0 amide bonds. The van der Waals surface area contributed by atoms with Crippen molar-refractivity contribution in [3.8, 4) is 11.4 Å². The average Bonchev–Trinajstić information content (AvgIpc) is 2.70. The minimum atomic E-state index is 0.907. The number of aromatic nitrogens is 3. The summed E-state index contributed by atoms with van der Waals surface area (Å²) in [5.74, 6) is 0. The Labute approximate surface area is 82.4 Å². The normalized spacial score (nSPS) is 10.1. The van der Waals surface area contributed by atoms with Gasteiger partial charge in [-0.05, 0) is 24.6 Å². The largest absolute Gasteiger partial charge is 0.386 e. The Kier molecular flexibility index (Phi) is 2.18. The fraction of sp³-hybridized carbons (Fsp3) is 0.200. The molecule has 0 unspecified atom stereocenters. The predicted octanol–water partition coefficient (Wildman–Crippen LogP) is 1.82. The van der Waals surface area contributed by atoms with Crippen molar-refractivity contribution in [1.29, 1.82) is 0 Å². The van der Waals surface area contributed by atoms with E-state index in [4.69, 9.17) is 0 Å². The number of aryl methyl sites for hydroxylation is 1. The molecule has 0 saturated heterocycles. The van der Waals surface area contributed by atoms with Crippen LogP contribution in [0.5, 0.6) is 0 Å². The fourth-order valence-corrected chi connectivity index (χ4v) is 1.47. The van der Waals surface area contributed by atoms with Gasteiger partial charge in [-0.3, -0.25) is 10.1 Å². The van der Waals surface area contributed by atoms with Gasteiger partial charge in [0.25, 0.3) is 0 Å². The van der Waals surface area contributed by atoms with Crippen LogP contribution in [-0.4, -0.2) is 22.2 Å². The number of H-pyrrole nitrogens is 1. The molecule has 2 aromatic rings. The van der Waals surface area contributed by atoms with E-state index in [9.17, 15) is 0 Å². The monoisotopic (exact) mass is 188 g/mol. The van der Waals surface area contributed by atoms with Crippen LogP contribution in [0.2, 0.25) is 0 Å². The lowest BCUT2D eigenvalue weighted by Gasteiger charge is -2.08. The summed E-state index contributed by atoms with van der Waals surface area (Å²) in [6.07, 6.45) is 3.52. The van der Waals surface area contributed by atoms with E-state index in [1.807, 2.05) is 26.1 Å². The summed E-state index contributed by atoms with van der Waals surface area (Å²) in [5.41, 5.74) is 4.05. The molecule has 0 aliphatic heterocycles. The molecule has 0 saturated carbocycles. The molecule has 0 bridgehead atoms. The Bertz CT molecular complexity index is 420. The average molecular weight is 188 g/mol. The lowest BCUT2D eigenvalue weighted by atomic mass is 10.1. The van der Waals surface area contributed by atoms with Crippen LogP contribution in [-0.2, 0) is 0 Å². The third-order valence-electron chi connectivity index (χ3n) is 2.17. The predicted molar refractivity (Wildman–Crippen MR) is 56.1 cm³/mol. The number of aromatic amines is 1. The molecule has 0 aromatic carbocycles. The Balaban J connectivity index is 2.58. The number of nitrogens with zero attached hydrogens (tertiary/aromatic N) is 2. The van der Waals surface area contributed by atoms with Crippen molar-refractivity contribution in [1.82, 2.24) is 15.2 Å². The van der Waals surface area contributed by atoms with E-state index in [0.29, 0.717) is 0 Å². The summed E-state index contributed by atoms with van der Waals surface area (Å²) in [4.78, 5) is 4.32. The number of pyridine rings is 1. The highest BCUT2D eigenvalue weighted by Gasteiger charge is 2.08. The molecule has 0 aliphatic carbocycles. The lowest BCUT2D eigenvalue weighted by molar-refractivity contribution is 1.08. The summed E-state index contributed by atoms with van der Waals surface area (Å²) in [7, 11) is 1.89. The first-order valence-electron chi connectivity index (χ1n) is 4.46. The van der Waals surface area contributed by atoms with E-state index >= 15 is 0 Å². The molecule has 2 heterocycles. The Morgan fingerprint density at radius 1 is 1.29 bits per heavy atom. The SMILES string of the molecule is CNc1c(C)ccnc1-c1ccn[nH]1. The molecule has 0 radical (unpaired) electrons. The van der Waals surface area contributed by atoms with Crippen molar-refractivity contribution in [2.45, 2.75) is 6.92 Å². The van der Waals surface area contributed by atoms with Gasteiger partial charge >= 0.3 is 0 Å². The fourth-order valence-electron chi connectivity index (χ4n) is 1.47. The summed E-state index contributed by atoms with van der Waals surface area (Å²) < 4.78 is 0. The van der Waals surface area contributed by atoms with Gasteiger partial charge < -0.3 is 5.32 Å². The Morgan fingerprint density at radius 2 is 2.14 bits per heavy atom. The van der Waals surface area contributed by atoms with Gasteiger partial charge in [0.2, 0.25) is 0 Å². The summed E-state index contributed by atoms with van der Waals surface area (Å²) in [6, 6.07) is 3.88. The van der Waals surface area contributed by atoms with Gasteiger partial charge in [0.15, 0.2) is 0 Å². The van der Waals surface area contributed by atoms with Gasteiger partial charge in [0.05, 0.1) is 11.4 Å². The molecule has 4 heteroatoms. The molecule has 14 heavy (non-hydrogen) atoms. The van der Waals surface area contributed by atoms with Crippen LogP contribution in [0.3, 0.4) is 0 Å². The van der Waals surface area contributed by atoms with Gasteiger partial charge in [-0.1, -0.05) is 0 Å². The molecule has 0 aliphatic rings. The number of rotatable bonds is 2. The first-order chi connectivity index (χ1) is 6.83. The zero-order valence-corrected chi connectivity index (χ0v) is 8.20. The first-order valence-corrected chi connectivity index (χ1v) is 4.46. The number of anilines is 1. The third-order valence-corrected chi connectivity index (χ3v) is 2.17. The topological polar surface area (TPSA) is 53.6 Å². The van der Waals surface area contributed by atoms with Gasteiger partial charge in [0, 0.05) is 19.4 Å². The first kappa shape index (κ1) is 8.74. The van der Waals surface area contributed by atoms with Crippen LogP contribution >= 0.6 is 0 Å². The molecule has 0 atom stereocenters. The van der Waals surface area contributed by atoms with E-state index < -0.39 is 0 Å². The minimum Gasteiger partial charge on any atom is -0.386 e. The highest BCUT2D eigenvalue weighted by atomic mass is 15.1. The van der Waals surface area contributed by atoms with Gasteiger partial charge in [-0.25, -0.2) is 0 Å². The van der Waals surface area contributed by atoms with Crippen molar-refractivity contribution < 1.29 is 0 Å². The van der Waals surface area contributed by atoms with Crippen LogP contribution in [0.25, 0.3) is 11.4 Å². The van der Waals surface area contributed by atoms with Crippen molar-refractivity contribution in [2.75, 3.05) is 12.4 Å². The van der Waals surface area contributed by atoms with Crippen LogP contribution in [0.1, 0.15) is 5.56 Å². The maximum Gasteiger partial charge on any atom is 0.111 e. The second kappa shape index (κ2) is 3.49. The number of hydrogen-bond acceptors (Lipinski definition) is 3.